The molecule has 1 fully saturated rings. The van der Waals surface area contributed by atoms with E-state index in [0.29, 0.717) is 0 Å². The van der Waals surface area contributed by atoms with Gasteiger partial charge in [0.15, 0.2) is 0 Å². The van der Waals surface area contributed by atoms with Gasteiger partial charge in [0.2, 0.25) is 0 Å². The molecule has 2 heterocycles. The lowest BCUT2D eigenvalue weighted by Gasteiger charge is -2.29. The van der Waals surface area contributed by atoms with Crippen molar-refractivity contribution >= 4 is 0 Å². The fourth-order valence-corrected chi connectivity index (χ4v) is 1.94. The Hall–Kier alpha value is -1.10. The van der Waals surface area contributed by atoms with Gasteiger partial charge in [0.25, 0.3) is 0 Å². The minimum atomic E-state index is 0.0326. The van der Waals surface area contributed by atoms with Gasteiger partial charge in [0, 0.05) is 19.0 Å². The molecule has 0 aromatic carbocycles. The predicted octanol–water partition coefficient (Wildman–Crippen LogP) is 0.893. The number of rotatable bonds is 3. The summed E-state index contributed by atoms with van der Waals surface area (Å²) in [5.74, 6) is 1.19. The third kappa shape index (κ3) is 1.69. The van der Waals surface area contributed by atoms with Crippen molar-refractivity contribution in [2.24, 2.45) is 0 Å². The van der Waals surface area contributed by atoms with Gasteiger partial charge in [-0.1, -0.05) is 13.8 Å². The molecule has 1 aliphatic rings. The topological polar surface area (TPSA) is 51.9 Å². The molecule has 0 bridgehead atoms. The molecule has 0 saturated carbocycles. The summed E-state index contributed by atoms with van der Waals surface area (Å²) in [7, 11) is 0. The van der Waals surface area contributed by atoms with Gasteiger partial charge < -0.3 is 5.32 Å². The van der Waals surface area contributed by atoms with E-state index in [1.165, 1.54) is 0 Å². The normalized spacial score (nSPS) is 17.1. The first-order chi connectivity index (χ1) is 7.52. The average Bonchev–Trinajstić information content (AvgIpc) is 2.42. The van der Waals surface area contributed by atoms with Gasteiger partial charge in [-0.15, -0.1) is 0 Å². The summed E-state index contributed by atoms with van der Waals surface area (Å²) in [5.41, 5.74) is 0.0326. The maximum Gasteiger partial charge on any atom is 0.346 e. The van der Waals surface area contributed by atoms with Crippen LogP contribution in [0.1, 0.15) is 51.5 Å². The Morgan fingerprint density at radius 2 is 1.94 bits per heavy atom. The molecular formula is C11H20N4O. The summed E-state index contributed by atoms with van der Waals surface area (Å²) in [4.78, 5) is 12.2. The number of hydrogen-bond donors (Lipinski definition) is 1. The first-order valence-corrected chi connectivity index (χ1v) is 5.94. The lowest BCUT2D eigenvalue weighted by Crippen LogP contribution is -2.47. The molecule has 1 aromatic rings. The van der Waals surface area contributed by atoms with E-state index in [-0.39, 0.29) is 23.7 Å². The van der Waals surface area contributed by atoms with Gasteiger partial charge in [-0.2, -0.15) is 5.10 Å². The van der Waals surface area contributed by atoms with Crippen molar-refractivity contribution < 1.29 is 0 Å². The van der Waals surface area contributed by atoms with E-state index in [1.807, 2.05) is 18.4 Å². The Bertz CT molecular complexity index is 426. The van der Waals surface area contributed by atoms with Crippen LogP contribution in [-0.4, -0.2) is 27.4 Å². The largest absolute Gasteiger partial charge is 0.346 e. The van der Waals surface area contributed by atoms with Crippen LogP contribution in [0.15, 0.2) is 4.79 Å². The summed E-state index contributed by atoms with van der Waals surface area (Å²) in [6.07, 6.45) is 0. The molecule has 0 spiro atoms. The lowest BCUT2D eigenvalue weighted by molar-refractivity contribution is 0.323. The van der Waals surface area contributed by atoms with Gasteiger partial charge in [-0.05, 0) is 13.8 Å². The molecule has 0 radical (unpaired) electrons. The highest BCUT2D eigenvalue weighted by atomic mass is 16.2. The molecule has 1 aromatic heterocycles. The third-order valence-electron chi connectivity index (χ3n) is 2.99. The van der Waals surface area contributed by atoms with Crippen molar-refractivity contribution in [3.8, 4) is 0 Å². The van der Waals surface area contributed by atoms with Crippen LogP contribution in [0.4, 0.5) is 0 Å². The fraction of sp³-hybridized carbons (Fsp3) is 0.818. The van der Waals surface area contributed by atoms with Gasteiger partial charge in [0.05, 0.1) is 12.1 Å². The van der Waals surface area contributed by atoms with Crippen molar-refractivity contribution in [2.45, 2.75) is 45.7 Å². The molecule has 1 N–H and O–H groups in total. The van der Waals surface area contributed by atoms with Crippen molar-refractivity contribution in [3.63, 3.8) is 0 Å². The standard InChI is InChI=1S/C11H20N4O/c1-7(2)10-13-15(8(3)4)11(16)14(10)9-5-12-6-9/h7-9,12H,5-6H2,1-4H3. The van der Waals surface area contributed by atoms with Crippen LogP contribution >= 0.6 is 0 Å². The van der Waals surface area contributed by atoms with Crippen LogP contribution in [0.3, 0.4) is 0 Å². The van der Waals surface area contributed by atoms with E-state index in [4.69, 9.17) is 0 Å². The summed E-state index contributed by atoms with van der Waals surface area (Å²) in [6.45, 7) is 9.89. The second-order valence-electron chi connectivity index (χ2n) is 5.02. The summed E-state index contributed by atoms with van der Waals surface area (Å²) < 4.78 is 3.45. The van der Waals surface area contributed by atoms with Gasteiger partial charge in [-0.3, -0.25) is 4.57 Å². The zero-order valence-corrected chi connectivity index (χ0v) is 10.4. The maximum absolute atomic E-state index is 12.2. The molecule has 90 valence electrons. The van der Waals surface area contributed by atoms with Crippen LogP contribution in [0.25, 0.3) is 0 Å². The molecular weight excluding hydrogens is 204 g/mol. The Kier molecular flexibility index (Phi) is 2.88. The van der Waals surface area contributed by atoms with Crippen LogP contribution in [0, 0.1) is 0 Å². The average molecular weight is 224 g/mol. The molecule has 0 amide bonds. The molecule has 5 heteroatoms. The zero-order valence-electron chi connectivity index (χ0n) is 10.4. The maximum atomic E-state index is 12.2. The molecule has 1 saturated heterocycles. The minimum Gasteiger partial charge on any atom is -0.313 e. The molecule has 2 rings (SSSR count). The number of hydrogen-bond acceptors (Lipinski definition) is 3. The summed E-state index contributed by atoms with van der Waals surface area (Å²) in [5, 5.41) is 7.65. The number of nitrogens with zero attached hydrogens (tertiary/aromatic N) is 3. The monoisotopic (exact) mass is 224 g/mol. The van der Waals surface area contributed by atoms with Crippen molar-refractivity contribution in [3.05, 3.63) is 16.3 Å². The molecule has 0 atom stereocenters. The smallest absolute Gasteiger partial charge is 0.313 e. The lowest BCUT2D eigenvalue weighted by atomic mass is 10.1. The second-order valence-corrected chi connectivity index (χ2v) is 5.02. The Morgan fingerprint density at radius 1 is 1.31 bits per heavy atom. The van der Waals surface area contributed by atoms with E-state index in [2.05, 4.69) is 24.3 Å². The quantitative estimate of drug-likeness (QED) is 0.829. The first-order valence-electron chi connectivity index (χ1n) is 5.94. The van der Waals surface area contributed by atoms with Gasteiger partial charge in [0.1, 0.15) is 5.82 Å². The highest BCUT2D eigenvalue weighted by Gasteiger charge is 2.27. The Morgan fingerprint density at radius 3 is 2.31 bits per heavy atom. The zero-order chi connectivity index (χ0) is 11.9. The first kappa shape index (κ1) is 11.4. The van der Waals surface area contributed by atoms with Gasteiger partial charge in [-0.25, -0.2) is 9.48 Å². The number of aromatic nitrogens is 3. The predicted molar refractivity (Wildman–Crippen MR) is 62.9 cm³/mol. The highest BCUT2D eigenvalue weighted by Crippen LogP contribution is 2.18. The Labute approximate surface area is 95.5 Å². The molecule has 0 unspecified atom stereocenters. The van der Waals surface area contributed by atoms with E-state index in [1.54, 1.807) is 4.68 Å². The van der Waals surface area contributed by atoms with Gasteiger partial charge >= 0.3 is 5.69 Å². The van der Waals surface area contributed by atoms with Crippen LogP contribution in [-0.2, 0) is 0 Å². The highest BCUT2D eigenvalue weighted by molar-refractivity contribution is 5.00. The fourth-order valence-electron chi connectivity index (χ4n) is 1.94. The van der Waals surface area contributed by atoms with Crippen molar-refractivity contribution in [1.29, 1.82) is 0 Å². The van der Waals surface area contributed by atoms with Crippen LogP contribution in [0.2, 0.25) is 0 Å². The van der Waals surface area contributed by atoms with E-state index in [0.717, 1.165) is 18.9 Å². The van der Waals surface area contributed by atoms with Crippen LogP contribution in [0.5, 0.6) is 0 Å². The Balaban J connectivity index is 2.50. The summed E-state index contributed by atoms with van der Waals surface area (Å²) >= 11 is 0. The summed E-state index contributed by atoms with van der Waals surface area (Å²) in [6, 6.07) is 0.414. The van der Waals surface area contributed by atoms with E-state index >= 15 is 0 Å². The molecule has 0 aliphatic carbocycles. The third-order valence-corrected chi connectivity index (χ3v) is 2.99. The van der Waals surface area contributed by atoms with Crippen molar-refractivity contribution in [2.75, 3.05) is 13.1 Å². The molecule has 5 nitrogen and oxygen atoms in total. The minimum absolute atomic E-state index is 0.0326. The molecule has 16 heavy (non-hydrogen) atoms. The van der Waals surface area contributed by atoms with Crippen molar-refractivity contribution in [1.82, 2.24) is 19.7 Å². The SMILES string of the molecule is CC(C)c1nn(C(C)C)c(=O)n1C1CNC1. The van der Waals surface area contributed by atoms with Crippen LogP contribution < -0.4 is 11.0 Å². The second kappa shape index (κ2) is 4.05. The van der Waals surface area contributed by atoms with E-state index < -0.39 is 0 Å². The van der Waals surface area contributed by atoms with E-state index in [9.17, 15) is 4.79 Å². The number of nitrogens with one attached hydrogen (secondary N) is 1. The molecule has 1 aliphatic heterocycles.